The lowest BCUT2D eigenvalue weighted by molar-refractivity contribution is 0.538. The SMILES string of the molecule is CCNc1ccccc1S(=O)(=O)NC1CCC(C)C1. The van der Waals surface area contributed by atoms with Crippen molar-refractivity contribution >= 4 is 15.7 Å². The Morgan fingerprint density at radius 3 is 2.63 bits per heavy atom. The molecular formula is C14H22N2O2S. The third-order valence-corrected chi connectivity index (χ3v) is 5.14. The van der Waals surface area contributed by atoms with E-state index in [0.717, 1.165) is 19.3 Å². The normalized spacial score (nSPS) is 23.5. The summed E-state index contributed by atoms with van der Waals surface area (Å²) in [7, 11) is -3.43. The molecule has 19 heavy (non-hydrogen) atoms. The fourth-order valence-electron chi connectivity index (χ4n) is 2.63. The van der Waals surface area contributed by atoms with Crippen molar-refractivity contribution in [3.63, 3.8) is 0 Å². The van der Waals surface area contributed by atoms with Crippen LogP contribution in [-0.4, -0.2) is 21.0 Å². The second-order valence-electron chi connectivity index (χ2n) is 5.26. The Kier molecular flexibility index (Phi) is 4.47. The van der Waals surface area contributed by atoms with Crippen molar-refractivity contribution in [1.29, 1.82) is 0 Å². The van der Waals surface area contributed by atoms with Crippen molar-refractivity contribution in [1.82, 2.24) is 4.72 Å². The van der Waals surface area contributed by atoms with E-state index in [1.165, 1.54) is 0 Å². The van der Waals surface area contributed by atoms with Gasteiger partial charge in [-0.3, -0.25) is 0 Å². The number of sulfonamides is 1. The van der Waals surface area contributed by atoms with Gasteiger partial charge >= 0.3 is 0 Å². The molecule has 1 aliphatic rings. The zero-order valence-electron chi connectivity index (χ0n) is 11.5. The average Bonchev–Trinajstić information content (AvgIpc) is 2.75. The molecule has 0 aromatic heterocycles. The molecule has 0 spiro atoms. The Morgan fingerprint density at radius 1 is 1.26 bits per heavy atom. The molecule has 0 amide bonds. The Bertz CT molecular complexity index is 528. The molecule has 2 unspecified atom stereocenters. The van der Waals surface area contributed by atoms with E-state index in [0.29, 0.717) is 23.0 Å². The van der Waals surface area contributed by atoms with Crippen LogP contribution in [0.5, 0.6) is 0 Å². The van der Waals surface area contributed by atoms with Gasteiger partial charge in [0.2, 0.25) is 10.0 Å². The van der Waals surface area contributed by atoms with E-state index in [-0.39, 0.29) is 6.04 Å². The first kappa shape index (κ1) is 14.3. The van der Waals surface area contributed by atoms with Gasteiger partial charge in [0, 0.05) is 12.6 Å². The number of para-hydroxylation sites is 1. The third-order valence-electron chi connectivity index (χ3n) is 3.56. The van der Waals surface area contributed by atoms with E-state index in [1.54, 1.807) is 18.2 Å². The van der Waals surface area contributed by atoms with Gasteiger partial charge < -0.3 is 5.32 Å². The lowest BCUT2D eigenvalue weighted by atomic mass is 10.1. The van der Waals surface area contributed by atoms with Gasteiger partial charge in [-0.25, -0.2) is 13.1 Å². The van der Waals surface area contributed by atoms with Crippen LogP contribution in [0.1, 0.15) is 33.1 Å². The van der Waals surface area contributed by atoms with Crippen LogP contribution in [0.4, 0.5) is 5.69 Å². The van der Waals surface area contributed by atoms with Crippen LogP contribution < -0.4 is 10.0 Å². The lowest BCUT2D eigenvalue weighted by Crippen LogP contribution is -2.33. The molecule has 1 aromatic carbocycles. The molecule has 2 atom stereocenters. The quantitative estimate of drug-likeness (QED) is 0.872. The van der Waals surface area contributed by atoms with Crippen LogP contribution in [0.15, 0.2) is 29.2 Å². The highest BCUT2D eigenvalue weighted by atomic mass is 32.2. The van der Waals surface area contributed by atoms with E-state index < -0.39 is 10.0 Å². The predicted octanol–water partition coefficient (Wildman–Crippen LogP) is 2.59. The predicted molar refractivity (Wildman–Crippen MR) is 77.7 cm³/mol. The molecule has 4 nitrogen and oxygen atoms in total. The monoisotopic (exact) mass is 282 g/mol. The number of hydrogen-bond acceptors (Lipinski definition) is 3. The van der Waals surface area contributed by atoms with Gasteiger partial charge in [0.25, 0.3) is 0 Å². The van der Waals surface area contributed by atoms with E-state index in [9.17, 15) is 8.42 Å². The highest BCUT2D eigenvalue weighted by Gasteiger charge is 2.27. The summed E-state index contributed by atoms with van der Waals surface area (Å²) in [5.74, 6) is 0.608. The molecule has 0 aliphatic heterocycles. The van der Waals surface area contributed by atoms with Crippen molar-refractivity contribution in [2.75, 3.05) is 11.9 Å². The molecule has 2 rings (SSSR count). The molecule has 2 N–H and O–H groups in total. The minimum Gasteiger partial charge on any atom is -0.384 e. The number of nitrogens with one attached hydrogen (secondary N) is 2. The summed E-state index contributed by atoms with van der Waals surface area (Å²) in [6.07, 6.45) is 2.97. The summed E-state index contributed by atoms with van der Waals surface area (Å²) in [6, 6.07) is 7.13. The average molecular weight is 282 g/mol. The van der Waals surface area contributed by atoms with Gasteiger partial charge in [0.1, 0.15) is 4.90 Å². The number of rotatable bonds is 5. The van der Waals surface area contributed by atoms with Gasteiger partial charge in [-0.15, -0.1) is 0 Å². The smallest absolute Gasteiger partial charge is 0.242 e. The van der Waals surface area contributed by atoms with Gasteiger partial charge in [-0.1, -0.05) is 19.1 Å². The summed E-state index contributed by atoms with van der Waals surface area (Å²) in [6.45, 7) is 4.82. The zero-order valence-corrected chi connectivity index (χ0v) is 12.3. The van der Waals surface area contributed by atoms with E-state index in [2.05, 4.69) is 17.0 Å². The first-order valence-electron chi connectivity index (χ1n) is 6.88. The molecular weight excluding hydrogens is 260 g/mol. The zero-order chi connectivity index (χ0) is 13.9. The summed E-state index contributed by atoms with van der Waals surface area (Å²) in [4.78, 5) is 0.344. The second-order valence-corrected chi connectivity index (χ2v) is 6.95. The molecule has 1 aromatic rings. The minimum absolute atomic E-state index is 0.0784. The molecule has 1 aliphatic carbocycles. The topological polar surface area (TPSA) is 58.2 Å². The molecule has 1 fully saturated rings. The number of benzene rings is 1. The third kappa shape index (κ3) is 3.48. The first-order chi connectivity index (χ1) is 9.03. The maximum atomic E-state index is 12.4. The Labute approximate surface area is 115 Å². The second kappa shape index (κ2) is 5.92. The Hall–Kier alpha value is -1.07. The largest absolute Gasteiger partial charge is 0.384 e. The van der Waals surface area contributed by atoms with E-state index in [4.69, 9.17) is 0 Å². The van der Waals surface area contributed by atoms with Crippen LogP contribution in [0.25, 0.3) is 0 Å². The molecule has 0 bridgehead atoms. The van der Waals surface area contributed by atoms with E-state index >= 15 is 0 Å². The maximum absolute atomic E-state index is 12.4. The van der Waals surface area contributed by atoms with Crippen molar-refractivity contribution in [2.45, 2.75) is 44.0 Å². The fraction of sp³-hybridized carbons (Fsp3) is 0.571. The number of anilines is 1. The lowest BCUT2D eigenvalue weighted by Gasteiger charge is -2.16. The highest BCUT2D eigenvalue weighted by Crippen LogP contribution is 2.27. The standard InChI is InChI=1S/C14H22N2O2S/c1-3-15-13-6-4-5-7-14(13)19(17,18)16-12-9-8-11(2)10-12/h4-7,11-12,15-16H,3,8-10H2,1-2H3. The van der Waals surface area contributed by atoms with Crippen LogP contribution in [-0.2, 0) is 10.0 Å². The highest BCUT2D eigenvalue weighted by molar-refractivity contribution is 7.89. The molecule has 0 saturated heterocycles. The van der Waals surface area contributed by atoms with Crippen molar-refractivity contribution < 1.29 is 8.42 Å². The summed E-state index contributed by atoms with van der Waals surface area (Å²) in [5.41, 5.74) is 0.670. The minimum atomic E-state index is -3.43. The molecule has 1 saturated carbocycles. The van der Waals surface area contributed by atoms with Crippen molar-refractivity contribution in [3.05, 3.63) is 24.3 Å². The van der Waals surface area contributed by atoms with Gasteiger partial charge in [-0.05, 0) is 44.2 Å². The summed E-state index contributed by atoms with van der Waals surface area (Å²) >= 11 is 0. The Balaban J connectivity index is 2.19. The van der Waals surface area contributed by atoms with Gasteiger partial charge in [-0.2, -0.15) is 0 Å². The van der Waals surface area contributed by atoms with Gasteiger partial charge in [0.15, 0.2) is 0 Å². The van der Waals surface area contributed by atoms with E-state index in [1.807, 2.05) is 13.0 Å². The maximum Gasteiger partial charge on any atom is 0.242 e. The molecule has 0 heterocycles. The first-order valence-corrected chi connectivity index (χ1v) is 8.36. The summed E-state index contributed by atoms with van der Waals surface area (Å²) in [5, 5.41) is 3.10. The molecule has 0 radical (unpaired) electrons. The molecule has 5 heteroatoms. The van der Waals surface area contributed by atoms with Crippen LogP contribution in [0.3, 0.4) is 0 Å². The van der Waals surface area contributed by atoms with Crippen molar-refractivity contribution in [3.8, 4) is 0 Å². The van der Waals surface area contributed by atoms with Crippen molar-refractivity contribution in [2.24, 2.45) is 5.92 Å². The van der Waals surface area contributed by atoms with Crippen LogP contribution >= 0.6 is 0 Å². The van der Waals surface area contributed by atoms with Gasteiger partial charge in [0.05, 0.1) is 5.69 Å². The van der Waals surface area contributed by atoms with Crippen LogP contribution in [0.2, 0.25) is 0 Å². The molecule has 106 valence electrons. The Morgan fingerprint density at radius 2 is 2.00 bits per heavy atom. The number of hydrogen-bond donors (Lipinski definition) is 2. The summed E-state index contributed by atoms with van der Waals surface area (Å²) < 4.78 is 27.7. The fourth-order valence-corrected chi connectivity index (χ4v) is 4.10. The van der Waals surface area contributed by atoms with Crippen LogP contribution in [0, 0.1) is 5.92 Å².